The van der Waals surface area contributed by atoms with E-state index in [1.807, 2.05) is 11.8 Å². The first-order valence-electron chi connectivity index (χ1n) is 10.2. The van der Waals surface area contributed by atoms with Crippen LogP contribution in [0.25, 0.3) is 0 Å². The normalized spacial score (nSPS) is 15.4. The van der Waals surface area contributed by atoms with Gasteiger partial charge in [-0.15, -0.1) is 0 Å². The number of hydrogen-bond acceptors (Lipinski definition) is 5. The monoisotopic (exact) mass is 471 g/mol. The smallest absolute Gasteiger partial charge is 0.401 e. The Hall–Kier alpha value is -2.49. The van der Waals surface area contributed by atoms with Gasteiger partial charge < -0.3 is 14.8 Å². The van der Waals surface area contributed by atoms with E-state index < -0.39 is 12.7 Å². The molecule has 0 saturated carbocycles. The molecule has 1 N–H and O–H groups in total. The minimum absolute atomic E-state index is 0.0643. The van der Waals surface area contributed by atoms with Crippen molar-refractivity contribution in [1.29, 1.82) is 0 Å². The summed E-state index contributed by atoms with van der Waals surface area (Å²) in [5, 5.41) is 3.22. The number of nitrogens with zero attached hydrogens (tertiary/aromatic N) is 2. The highest BCUT2D eigenvalue weighted by Crippen LogP contribution is 2.32. The largest absolute Gasteiger partial charge is 0.494 e. The summed E-state index contributed by atoms with van der Waals surface area (Å²) in [5.41, 5.74) is 0.409. The zero-order valence-corrected chi connectivity index (χ0v) is 18.4. The van der Waals surface area contributed by atoms with E-state index in [1.165, 1.54) is 4.90 Å². The van der Waals surface area contributed by atoms with E-state index in [0.717, 1.165) is 5.75 Å². The van der Waals surface area contributed by atoms with Crippen LogP contribution >= 0.6 is 11.6 Å². The van der Waals surface area contributed by atoms with Crippen molar-refractivity contribution < 1.29 is 27.4 Å². The molecule has 0 aliphatic carbocycles. The number of alkyl halides is 3. The maximum atomic E-state index is 12.6. The van der Waals surface area contributed by atoms with Crippen LogP contribution in [0.15, 0.2) is 42.5 Å². The number of carbonyl (C=O) groups excluding carboxylic acids is 1. The average Bonchev–Trinajstić information content (AvgIpc) is 2.72. The lowest BCUT2D eigenvalue weighted by molar-refractivity contribution is -0.149. The van der Waals surface area contributed by atoms with Gasteiger partial charge in [0.25, 0.3) is 0 Å². The van der Waals surface area contributed by atoms with Crippen LogP contribution < -0.4 is 14.8 Å². The fourth-order valence-electron chi connectivity index (χ4n) is 3.34. The Morgan fingerprint density at radius 2 is 1.66 bits per heavy atom. The summed E-state index contributed by atoms with van der Waals surface area (Å²) in [6.07, 6.45) is -4.22. The molecule has 0 spiro atoms. The number of ether oxygens (including phenoxy) is 2. The summed E-state index contributed by atoms with van der Waals surface area (Å²) in [4.78, 5) is 15.7. The number of amides is 1. The Kier molecular flexibility index (Phi) is 8.22. The topological polar surface area (TPSA) is 54.0 Å². The van der Waals surface area contributed by atoms with E-state index >= 15 is 0 Å². The highest BCUT2D eigenvalue weighted by molar-refractivity contribution is 6.31. The van der Waals surface area contributed by atoms with Crippen LogP contribution in [-0.4, -0.2) is 67.8 Å². The highest BCUT2D eigenvalue weighted by Gasteiger charge is 2.32. The number of piperazine rings is 1. The van der Waals surface area contributed by atoms with Crippen LogP contribution in [0.1, 0.15) is 6.92 Å². The number of halogens is 4. The van der Waals surface area contributed by atoms with Crippen LogP contribution in [-0.2, 0) is 4.79 Å². The van der Waals surface area contributed by atoms with Gasteiger partial charge >= 0.3 is 6.18 Å². The summed E-state index contributed by atoms with van der Waals surface area (Å²) >= 11 is 6.09. The Balaban J connectivity index is 1.57. The van der Waals surface area contributed by atoms with Crippen molar-refractivity contribution in [2.24, 2.45) is 0 Å². The predicted octanol–water partition coefficient (Wildman–Crippen LogP) is 4.65. The molecule has 2 aromatic rings. The van der Waals surface area contributed by atoms with E-state index in [4.69, 9.17) is 21.1 Å². The molecule has 3 rings (SSSR count). The number of anilines is 1. The third-order valence-electron chi connectivity index (χ3n) is 4.81. The van der Waals surface area contributed by atoms with Crippen LogP contribution in [0, 0.1) is 0 Å². The van der Waals surface area contributed by atoms with Gasteiger partial charge in [0, 0.05) is 31.2 Å². The van der Waals surface area contributed by atoms with E-state index in [-0.39, 0.29) is 25.5 Å². The van der Waals surface area contributed by atoms with Crippen molar-refractivity contribution in [2.75, 3.05) is 51.2 Å². The molecule has 32 heavy (non-hydrogen) atoms. The van der Waals surface area contributed by atoms with E-state index in [9.17, 15) is 18.0 Å². The second-order valence-electron chi connectivity index (χ2n) is 7.36. The standard InChI is InChI=1S/C22H25ClF3N3O3/c1-2-31-17-4-6-18(7-5-17)32-20-8-3-16(23)13-19(20)27-21(30)14-28-9-11-29(12-10-28)15-22(24,25)26/h3-8,13H,2,9-12,14-15H2,1H3,(H,27,30). The summed E-state index contributed by atoms with van der Waals surface area (Å²) in [6, 6.07) is 12.0. The number of hydrogen-bond donors (Lipinski definition) is 1. The number of nitrogens with one attached hydrogen (secondary N) is 1. The molecule has 0 unspecified atom stereocenters. The quantitative estimate of drug-likeness (QED) is 0.607. The summed E-state index contributed by atoms with van der Waals surface area (Å²) in [7, 11) is 0. The van der Waals surface area contributed by atoms with E-state index in [1.54, 1.807) is 42.5 Å². The molecule has 0 aromatic heterocycles. The van der Waals surface area contributed by atoms with Gasteiger partial charge in [-0.05, 0) is 49.4 Å². The van der Waals surface area contributed by atoms with Crippen molar-refractivity contribution in [3.63, 3.8) is 0 Å². The van der Waals surface area contributed by atoms with Gasteiger partial charge in [-0.3, -0.25) is 14.6 Å². The van der Waals surface area contributed by atoms with Gasteiger partial charge in [0.05, 0.1) is 25.4 Å². The van der Waals surface area contributed by atoms with E-state index in [2.05, 4.69) is 5.32 Å². The first-order valence-corrected chi connectivity index (χ1v) is 10.6. The zero-order valence-electron chi connectivity index (χ0n) is 17.6. The Labute approximate surface area is 189 Å². The van der Waals surface area contributed by atoms with Gasteiger partial charge in [-0.1, -0.05) is 11.6 Å². The van der Waals surface area contributed by atoms with Gasteiger partial charge in [0.1, 0.15) is 11.5 Å². The van der Waals surface area contributed by atoms with Crippen LogP contribution in [0.5, 0.6) is 17.2 Å². The number of rotatable bonds is 8. The van der Waals surface area contributed by atoms with Crippen molar-refractivity contribution in [3.8, 4) is 17.2 Å². The molecule has 174 valence electrons. The third kappa shape index (κ3) is 7.58. The molecule has 1 aliphatic rings. The van der Waals surface area contributed by atoms with Gasteiger partial charge in [-0.2, -0.15) is 13.2 Å². The second kappa shape index (κ2) is 10.9. The number of benzene rings is 2. The van der Waals surface area contributed by atoms with Crippen LogP contribution in [0.3, 0.4) is 0 Å². The minimum atomic E-state index is -4.22. The third-order valence-corrected chi connectivity index (χ3v) is 5.05. The maximum Gasteiger partial charge on any atom is 0.401 e. The average molecular weight is 472 g/mol. The van der Waals surface area contributed by atoms with Gasteiger partial charge in [0.2, 0.25) is 5.91 Å². The maximum absolute atomic E-state index is 12.6. The molecule has 2 aromatic carbocycles. The van der Waals surface area contributed by atoms with Gasteiger partial charge in [-0.25, -0.2) is 0 Å². The molecular weight excluding hydrogens is 447 g/mol. The summed E-state index contributed by atoms with van der Waals surface area (Å²) in [6.45, 7) is 2.88. The molecular formula is C22H25ClF3N3O3. The first-order chi connectivity index (χ1) is 15.2. The Bertz CT molecular complexity index is 902. The summed E-state index contributed by atoms with van der Waals surface area (Å²) < 4.78 is 48.9. The number of carbonyl (C=O) groups is 1. The van der Waals surface area contributed by atoms with Crippen LogP contribution in [0.2, 0.25) is 5.02 Å². The van der Waals surface area contributed by atoms with Crippen molar-refractivity contribution >= 4 is 23.2 Å². The van der Waals surface area contributed by atoms with Gasteiger partial charge in [0.15, 0.2) is 5.75 Å². The first kappa shape index (κ1) is 24.2. The van der Waals surface area contributed by atoms with Crippen molar-refractivity contribution in [2.45, 2.75) is 13.1 Å². The molecule has 1 heterocycles. The Morgan fingerprint density at radius 3 is 2.28 bits per heavy atom. The molecule has 1 saturated heterocycles. The lowest BCUT2D eigenvalue weighted by Crippen LogP contribution is -2.50. The van der Waals surface area contributed by atoms with Crippen molar-refractivity contribution in [3.05, 3.63) is 47.5 Å². The summed E-state index contributed by atoms with van der Waals surface area (Å²) in [5.74, 6) is 1.40. The fourth-order valence-corrected chi connectivity index (χ4v) is 3.51. The SMILES string of the molecule is CCOc1ccc(Oc2ccc(Cl)cc2NC(=O)CN2CCN(CC(F)(F)F)CC2)cc1. The molecule has 6 nitrogen and oxygen atoms in total. The molecule has 0 atom stereocenters. The minimum Gasteiger partial charge on any atom is -0.494 e. The molecule has 0 radical (unpaired) electrons. The molecule has 1 aliphatic heterocycles. The fraction of sp³-hybridized carbons (Fsp3) is 0.409. The lowest BCUT2D eigenvalue weighted by atomic mass is 10.2. The zero-order chi connectivity index (χ0) is 23.1. The van der Waals surface area contributed by atoms with Crippen LogP contribution in [0.4, 0.5) is 18.9 Å². The molecule has 0 bridgehead atoms. The van der Waals surface area contributed by atoms with Crippen molar-refractivity contribution in [1.82, 2.24) is 9.80 Å². The predicted molar refractivity (Wildman–Crippen MR) is 117 cm³/mol. The Morgan fingerprint density at radius 1 is 1.03 bits per heavy atom. The molecule has 1 amide bonds. The van der Waals surface area contributed by atoms with E-state index in [0.29, 0.717) is 41.9 Å². The molecule has 1 fully saturated rings. The molecule has 10 heteroatoms. The second-order valence-corrected chi connectivity index (χ2v) is 7.80. The highest BCUT2D eigenvalue weighted by atomic mass is 35.5. The lowest BCUT2D eigenvalue weighted by Gasteiger charge is -2.34.